The summed E-state index contributed by atoms with van der Waals surface area (Å²) in [4.78, 5) is 4.92. The van der Waals surface area contributed by atoms with Crippen molar-refractivity contribution < 1.29 is 0 Å². The summed E-state index contributed by atoms with van der Waals surface area (Å²) in [7, 11) is 0. The maximum atomic E-state index is 10.1. The van der Waals surface area contributed by atoms with Crippen LogP contribution in [0.4, 0.5) is 11.4 Å². The lowest BCUT2D eigenvalue weighted by Crippen LogP contribution is -2.25. The number of hydrogen-bond acceptors (Lipinski definition) is 6. The van der Waals surface area contributed by atoms with Crippen molar-refractivity contribution in [1.82, 2.24) is 0 Å². The fourth-order valence-electron chi connectivity index (χ4n) is 7.40. The first-order valence-electron chi connectivity index (χ1n) is 22.9. The maximum Gasteiger partial charge on any atom is 0.0998 e. The molecule has 0 saturated heterocycles. The zero-order valence-electron chi connectivity index (χ0n) is 38.0. The summed E-state index contributed by atoms with van der Waals surface area (Å²) in [6.45, 7) is 13.1. The third-order valence-electron chi connectivity index (χ3n) is 11.3. The van der Waals surface area contributed by atoms with E-state index in [0.29, 0.717) is 44.5 Å². The van der Waals surface area contributed by atoms with Crippen molar-refractivity contribution in [2.45, 2.75) is 79.1 Å². The van der Waals surface area contributed by atoms with Crippen LogP contribution in [0, 0.1) is 45.3 Å². The standard InChI is InChI=1S/C58H60N6/c1-5-9-33-63(34-10-6-2)57-29-21-47(22-30-57)19-27-51-39-53(41-59)49(37-55(51)43-61)25-17-45-13-15-46(16-14-45)18-26-50-38-56(44-62)52(40-54(50)42-60)28-20-48-23-31-58(32-24-48)64(35-11-7-3)36-12-8-4/h13-32,37-40H,5-12,33-36H2,1-4H3/b25-17+,26-18+,27-19+,28-20+. The number of nitrogens with zero attached hydrogens (tertiary/aromatic N) is 6. The van der Waals surface area contributed by atoms with E-state index in [0.717, 1.165) is 48.4 Å². The van der Waals surface area contributed by atoms with Crippen LogP contribution in [0.15, 0.2) is 97.1 Å². The topological polar surface area (TPSA) is 102 Å². The lowest BCUT2D eigenvalue weighted by molar-refractivity contribution is 0.678. The summed E-state index contributed by atoms with van der Waals surface area (Å²) in [5, 5.41) is 40.2. The van der Waals surface area contributed by atoms with Gasteiger partial charge in [0.2, 0.25) is 0 Å². The first-order chi connectivity index (χ1) is 31.4. The Labute approximate surface area is 382 Å². The first-order valence-corrected chi connectivity index (χ1v) is 22.9. The first kappa shape index (κ1) is 47.7. The smallest absolute Gasteiger partial charge is 0.0998 e. The average Bonchev–Trinajstić information content (AvgIpc) is 3.34. The van der Waals surface area contributed by atoms with Crippen LogP contribution in [-0.4, -0.2) is 26.2 Å². The Morgan fingerprint density at radius 2 is 0.562 bits per heavy atom. The highest BCUT2D eigenvalue weighted by atomic mass is 15.1. The van der Waals surface area contributed by atoms with Gasteiger partial charge in [0.05, 0.1) is 46.5 Å². The predicted octanol–water partition coefficient (Wildman–Crippen LogP) is 14.7. The molecule has 0 atom stereocenters. The van der Waals surface area contributed by atoms with Crippen LogP contribution >= 0.6 is 0 Å². The van der Waals surface area contributed by atoms with Gasteiger partial charge in [-0.05, 0) is 119 Å². The average molecular weight is 841 g/mol. The van der Waals surface area contributed by atoms with Gasteiger partial charge in [0, 0.05) is 37.6 Å². The van der Waals surface area contributed by atoms with Gasteiger partial charge in [-0.2, -0.15) is 21.0 Å². The maximum absolute atomic E-state index is 10.1. The lowest BCUT2D eigenvalue weighted by Gasteiger charge is -2.24. The summed E-state index contributed by atoms with van der Waals surface area (Å²) < 4.78 is 0. The van der Waals surface area contributed by atoms with Crippen LogP contribution in [0.25, 0.3) is 48.6 Å². The van der Waals surface area contributed by atoms with E-state index in [-0.39, 0.29) is 0 Å². The molecule has 0 aliphatic carbocycles. The van der Waals surface area contributed by atoms with Crippen molar-refractivity contribution in [3.63, 3.8) is 0 Å². The molecule has 5 rings (SSSR count). The molecule has 322 valence electrons. The van der Waals surface area contributed by atoms with Crippen molar-refractivity contribution in [2.75, 3.05) is 36.0 Å². The van der Waals surface area contributed by atoms with Crippen LogP contribution in [0.1, 0.15) is 146 Å². The molecular weight excluding hydrogens is 781 g/mol. The molecule has 6 nitrogen and oxygen atoms in total. The minimum Gasteiger partial charge on any atom is -0.372 e. The van der Waals surface area contributed by atoms with Crippen molar-refractivity contribution in [3.8, 4) is 24.3 Å². The number of unbranched alkanes of at least 4 members (excludes halogenated alkanes) is 4. The van der Waals surface area contributed by atoms with E-state index in [9.17, 15) is 21.0 Å². The molecule has 0 spiro atoms. The van der Waals surface area contributed by atoms with Crippen molar-refractivity contribution >= 4 is 60.0 Å². The Bertz CT molecular complexity index is 2380. The second kappa shape index (κ2) is 25.5. The Kier molecular flexibility index (Phi) is 19.0. The second-order valence-electron chi connectivity index (χ2n) is 16.1. The molecule has 0 radical (unpaired) electrons. The molecule has 5 aromatic rings. The molecule has 0 bridgehead atoms. The van der Waals surface area contributed by atoms with Crippen LogP contribution < -0.4 is 9.80 Å². The number of anilines is 2. The van der Waals surface area contributed by atoms with E-state index in [1.54, 1.807) is 24.3 Å². The normalized spacial score (nSPS) is 11.2. The molecular formula is C58H60N6. The lowest BCUT2D eigenvalue weighted by atomic mass is 9.97. The summed E-state index contributed by atoms with van der Waals surface area (Å²) in [5.41, 5.74) is 11.1. The van der Waals surface area contributed by atoms with E-state index in [1.165, 1.54) is 62.7 Å². The molecule has 0 N–H and O–H groups in total. The van der Waals surface area contributed by atoms with Gasteiger partial charge in [-0.25, -0.2) is 0 Å². The van der Waals surface area contributed by atoms with Gasteiger partial charge < -0.3 is 9.80 Å². The van der Waals surface area contributed by atoms with Gasteiger partial charge in [-0.3, -0.25) is 0 Å². The van der Waals surface area contributed by atoms with Crippen molar-refractivity contribution in [1.29, 1.82) is 21.0 Å². The fourth-order valence-corrected chi connectivity index (χ4v) is 7.40. The summed E-state index contributed by atoms with van der Waals surface area (Å²) in [6, 6.07) is 41.3. The largest absolute Gasteiger partial charge is 0.372 e. The fraction of sp³-hybridized carbons (Fsp3) is 0.276. The van der Waals surface area contributed by atoms with Crippen LogP contribution in [-0.2, 0) is 0 Å². The van der Waals surface area contributed by atoms with Gasteiger partial charge in [-0.15, -0.1) is 0 Å². The third-order valence-corrected chi connectivity index (χ3v) is 11.3. The van der Waals surface area contributed by atoms with Gasteiger partial charge in [0.25, 0.3) is 0 Å². The van der Waals surface area contributed by atoms with E-state index in [2.05, 4.69) is 110 Å². The molecule has 0 aliphatic heterocycles. The quantitative estimate of drug-likeness (QED) is 0.0643. The third kappa shape index (κ3) is 13.8. The SMILES string of the molecule is CCCCN(CCCC)c1ccc(/C=C/c2cc(C#N)c(/C=C/c3ccc(/C=C/c4cc(C#N)c(/C=C/c5ccc(N(CCCC)CCCC)cc5)cc4C#N)cc3)cc2C#N)cc1. The van der Waals surface area contributed by atoms with Gasteiger partial charge >= 0.3 is 0 Å². The highest BCUT2D eigenvalue weighted by molar-refractivity contribution is 5.81. The number of benzene rings is 5. The van der Waals surface area contributed by atoms with E-state index in [4.69, 9.17) is 0 Å². The van der Waals surface area contributed by atoms with Gasteiger partial charge in [0.15, 0.2) is 0 Å². The molecule has 0 heterocycles. The summed E-state index contributed by atoms with van der Waals surface area (Å²) in [5.74, 6) is 0. The summed E-state index contributed by atoms with van der Waals surface area (Å²) >= 11 is 0. The van der Waals surface area contributed by atoms with Crippen LogP contribution in [0.2, 0.25) is 0 Å². The molecule has 0 aromatic heterocycles. The number of hydrogen-bond donors (Lipinski definition) is 0. The van der Waals surface area contributed by atoms with Crippen molar-refractivity contribution in [2.24, 2.45) is 0 Å². The molecule has 0 aliphatic rings. The molecule has 64 heavy (non-hydrogen) atoms. The van der Waals surface area contributed by atoms with E-state index in [1.807, 2.05) is 72.9 Å². The van der Waals surface area contributed by atoms with Crippen molar-refractivity contribution in [3.05, 3.63) is 164 Å². The Hall–Kier alpha value is -7.38. The Balaban J connectivity index is 1.25. The minimum atomic E-state index is 0.486. The Morgan fingerprint density at radius 3 is 0.766 bits per heavy atom. The molecule has 0 saturated carbocycles. The van der Waals surface area contributed by atoms with Gasteiger partial charge in [-0.1, -0.05) is 151 Å². The highest BCUT2D eigenvalue weighted by Crippen LogP contribution is 2.25. The van der Waals surface area contributed by atoms with E-state index >= 15 is 0 Å². The zero-order valence-corrected chi connectivity index (χ0v) is 38.0. The predicted molar refractivity (Wildman–Crippen MR) is 271 cm³/mol. The molecule has 0 unspecified atom stereocenters. The Morgan fingerprint density at radius 1 is 0.344 bits per heavy atom. The zero-order chi connectivity index (χ0) is 45.5. The number of rotatable bonds is 22. The molecule has 6 heteroatoms. The molecule has 5 aromatic carbocycles. The molecule has 0 amide bonds. The monoisotopic (exact) mass is 840 g/mol. The van der Waals surface area contributed by atoms with Crippen LogP contribution in [0.5, 0.6) is 0 Å². The number of nitriles is 4. The second-order valence-corrected chi connectivity index (χ2v) is 16.1. The summed E-state index contributed by atoms with van der Waals surface area (Å²) in [6.07, 6.45) is 24.7. The van der Waals surface area contributed by atoms with Gasteiger partial charge in [0.1, 0.15) is 0 Å². The highest BCUT2D eigenvalue weighted by Gasteiger charge is 2.10. The minimum absolute atomic E-state index is 0.486. The molecule has 0 fully saturated rings. The van der Waals surface area contributed by atoms with E-state index < -0.39 is 0 Å². The van der Waals surface area contributed by atoms with Crippen LogP contribution in [0.3, 0.4) is 0 Å².